The molecule has 34 heavy (non-hydrogen) atoms. The third-order valence-corrected chi connectivity index (χ3v) is 6.35. The van der Waals surface area contributed by atoms with Crippen molar-refractivity contribution in [3.05, 3.63) is 60.2 Å². The Morgan fingerprint density at radius 3 is 2.41 bits per heavy atom. The van der Waals surface area contributed by atoms with Crippen LogP contribution in [0.3, 0.4) is 0 Å². The first kappa shape index (κ1) is 25.4. The summed E-state index contributed by atoms with van der Waals surface area (Å²) < 4.78 is 9.98. The molecule has 1 aromatic carbocycles. The molecule has 8 heteroatoms. The van der Waals surface area contributed by atoms with Gasteiger partial charge in [-0.25, -0.2) is 5.43 Å². The summed E-state index contributed by atoms with van der Waals surface area (Å²) in [5, 5.41) is 4.28. The third-order valence-electron chi connectivity index (χ3n) is 6.35. The Labute approximate surface area is 200 Å². The van der Waals surface area contributed by atoms with Crippen LogP contribution in [-0.4, -0.2) is 55.8 Å². The highest BCUT2D eigenvalue weighted by Gasteiger charge is 2.46. The molecular weight excluding hydrogens is 434 g/mol. The number of hydrazone groups is 1. The van der Waals surface area contributed by atoms with Crippen LogP contribution in [-0.2, 0) is 30.4 Å². The van der Waals surface area contributed by atoms with Crippen LogP contribution in [0, 0.1) is 11.3 Å². The highest BCUT2D eigenvalue weighted by atomic mass is 16.5. The number of methoxy groups -OCH3 is 2. The van der Waals surface area contributed by atoms with Crippen LogP contribution < -0.4 is 5.43 Å². The van der Waals surface area contributed by atoms with Crippen molar-refractivity contribution < 1.29 is 23.9 Å². The monoisotopic (exact) mass is 467 g/mol. The number of esters is 2. The molecule has 2 heterocycles. The van der Waals surface area contributed by atoms with Crippen molar-refractivity contribution in [1.29, 1.82) is 0 Å². The maximum Gasteiger partial charge on any atom is 0.323 e. The highest BCUT2D eigenvalue weighted by Crippen LogP contribution is 2.32. The number of benzene rings is 1. The Hall–Kier alpha value is -3.26. The average Bonchev–Trinajstić information content (AvgIpc) is 2.87. The van der Waals surface area contributed by atoms with Crippen LogP contribution in [0.25, 0.3) is 0 Å². The van der Waals surface area contributed by atoms with Gasteiger partial charge in [-0.1, -0.05) is 54.6 Å². The number of carbonyl (C=O) groups is 3. The molecule has 1 unspecified atom stereocenters. The Morgan fingerprint density at radius 2 is 1.74 bits per heavy atom. The number of rotatable bonds is 4. The summed E-state index contributed by atoms with van der Waals surface area (Å²) in [5.41, 5.74) is 3.33. The quantitative estimate of drug-likeness (QED) is 0.415. The van der Waals surface area contributed by atoms with Crippen LogP contribution in [0.4, 0.5) is 0 Å². The van der Waals surface area contributed by atoms with Gasteiger partial charge in [0, 0.05) is 37.7 Å². The largest absolute Gasteiger partial charge is 0.468 e. The third kappa shape index (κ3) is 6.41. The van der Waals surface area contributed by atoms with Crippen LogP contribution >= 0.6 is 0 Å². The van der Waals surface area contributed by atoms with E-state index < -0.39 is 17.4 Å². The van der Waals surface area contributed by atoms with E-state index in [0.29, 0.717) is 19.4 Å². The van der Waals surface area contributed by atoms with Gasteiger partial charge in [-0.2, -0.15) is 5.10 Å². The maximum absolute atomic E-state index is 12.7. The molecule has 1 amide bonds. The topological polar surface area (TPSA) is 97.3 Å². The van der Waals surface area contributed by atoms with Gasteiger partial charge in [-0.15, -0.1) is 0 Å². The summed E-state index contributed by atoms with van der Waals surface area (Å²) in [6.07, 6.45) is 9.54. The lowest BCUT2D eigenvalue weighted by molar-refractivity contribution is -0.168. The molecule has 2 aliphatic heterocycles. The highest BCUT2D eigenvalue weighted by molar-refractivity contribution is 6.00. The first-order chi connectivity index (χ1) is 16.5. The van der Waals surface area contributed by atoms with Crippen molar-refractivity contribution in [2.45, 2.75) is 38.6 Å². The molecule has 0 aromatic heterocycles. The van der Waals surface area contributed by atoms with Crippen molar-refractivity contribution in [3.63, 3.8) is 0 Å². The minimum atomic E-state index is -1.47. The van der Waals surface area contributed by atoms with Crippen LogP contribution in [0.5, 0.6) is 0 Å². The molecule has 2 aliphatic rings. The molecule has 0 saturated carbocycles. The first-order valence-corrected chi connectivity index (χ1v) is 11.6. The lowest BCUT2D eigenvalue weighted by Gasteiger charge is -2.26. The van der Waals surface area contributed by atoms with E-state index in [1.807, 2.05) is 36.4 Å². The second-order valence-corrected chi connectivity index (χ2v) is 8.68. The van der Waals surface area contributed by atoms with Crippen LogP contribution in [0.1, 0.15) is 37.7 Å². The minimum Gasteiger partial charge on any atom is -0.468 e. The Bertz CT molecular complexity index is 938. The smallest absolute Gasteiger partial charge is 0.323 e. The zero-order valence-electron chi connectivity index (χ0n) is 19.9. The van der Waals surface area contributed by atoms with E-state index in [-0.39, 0.29) is 24.7 Å². The molecule has 0 radical (unpaired) electrons. The number of nitrogens with one attached hydrogen (secondary N) is 1. The number of carbonyl (C=O) groups excluding carboxylic acids is 3. The SMILES string of the molecule is COC(=O)C1(C(=O)OC)C/C=C\CC2CC(=NNC2=O)CCN(Cc2ccccc2)C/C=C/C1. The molecular formula is C26H33N3O5. The number of hydrogen-bond acceptors (Lipinski definition) is 7. The van der Waals surface area contributed by atoms with Gasteiger partial charge in [0.15, 0.2) is 5.41 Å². The standard InChI is InChI=1S/C26H33N3O5/c1-33-24(31)26(25(32)34-2)14-7-6-12-21-18-22(27-28-23(21)30)13-17-29(16-9-8-15-26)19-20-10-4-3-5-11-20/h3-11,21H,12-19H2,1-2H3,(H,28,30)/b7-6-,9-8+. The lowest BCUT2D eigenvalue weighted by atomic mass is 9.80. The lowest BCUT2D eigenvalue weighted by Crippen LogP contribution is -2.40. The number of nitrogens with zero attached hydrogens (tertiary/aromatic N) is 2. The summed E-state index contributed by atoms with van der Waals surface area (Å²) in [6, 6.07) is 10.2. The molecule has 3 rings (SSSR count). The fraction of sp³-hybridized carbons (Fsp3) is 0.462. The van der Waals surface area contributed by atoms with E-state index in [2.05, 4.69) is 27.6 Å². The van der Waals surface area contributed by atoms with Crippen molar-refractivity contribution in [2.24, 2.45) is 16.4 Å². The van der Waals surface area contributed by atoms with E-state index in [1.54, 1.807) is 6.08 Å². The molecule has 0 fully saturated rings. The summed E-state index contributed by atoms with van der Waals surface area (Å²) in [4.78, 5) is 40.1. The second kappa shape index (κ2) is 12.3. The Morgan fingerprint density at radius 1 is 1.06 bits per heavy atom. The normalized spacial score (nSPS) is 23.3. The fourth-order valence-corrected chi connectivity index (χ4v) is 4.30. The van der Waals surface area contributed by atoms with E-state index >= 15 is 0 Å². The van der Waals surface area contributed by atoms with Gasteiger partial charge in [0.1, 0.15) is 0 Å². The molecule has 1 N–H and O–H groups in total. The summed E-state index contributed by atoms with van der Waals surface area (Å²) >= 11 is 0. The van der Waals surface area contributed by atoms with Gasteiger partial charge in [0.25, 0.3) is 0 Å². The number of ether oxygens (including phenoxy) is 2. The molecule has 0 aliphatic carbocycles. The Balaban J connectivity index is 1.88. The van der Waals surface area contributed by atoms with E-state index in [4.69, 9.17) is 9.47 Å². The van der Waals surface area contributed by atoms with Gasteiger partial charge in [-0.05, 0) is 31.2 Å². The zero-order valence-corrected chi connectivity index (χ0v) is 19.9. The predicted octanol–water partition coefficient (Wildman–Crippen LogP) is 3.00. The average molecular weight is 468 g/mol. The second-order valence-electron chi connectivity index (χ2n) is 8.68. The van der Waals surface area contributed by atoms with Gasteiger partial charge >= 0.3 is 11.9 Å². The molecule has 182 valence electrons. The van der Waals surface area contributed by atoms with Crippen LogP contribution in [0.2, 0.25) is 0 Å². The predicted molar refractivity (Wildman–Crippen MR) is 129 cm³/mol. The molecule has 0 spiro atoms. The van der Waals surface area contributed by atoms with Crippen molar-refractivity contribution in [2.75, 3.05) is 27.3 Å². The van der Waals surface area contributed by atoms with Crippen molar-refractivity contribution in [1.82, 2.24) is 10.3 Å². The number of amides is 1. The molecule has 1 aromatic rings. The number of fused-ring (bicyclic) bond motifs is 2. The van der Waals surface area contributed by atoms with Crippen LogP contribution in [0.15, 0.2) is 59.7 Å². The van der Waals surface area contributed by atoms with Crippen molar-refractivity contribution >= 4 is 23.6 Å². The van der Waals surface area contributed by atoms with E-state index in [0.717, 1.165) is 25.2 Å². The Kier molecular flexibility index (Phi) is 9.16. The van der Waals surface area contributed by atoms with E-state index in [1.165, 1.54) is 19.8 Å². The summed E-state index contributed by atoms with van der Waals surface area (Å²) in [7, 11) is 2.54. The van der Waals surface area contributed by atoms with Gasteiger partial charge in [0.2, 0.25) is 5.91 Å². The van der Waals surface area contributed by atoms with Gasteiger partial charge in [0.05, 0.1) is 14.2 Å². The molecule has 2 bridgehead atoms. The molecule has 1 atom stereocenters. The summed E-state index contributed by atoms with van der Waals surface area (Å²) in [5.74, 6) is -1.62. The first-order valence-electron chi connectivity index (χ1n) is 11.6. The number of allylic oxidation sites excluding steroid dienone is 3. The fourth-order valence-electron chi connectivity index (χ4n) is 4.30. The van der Waals surface area contributed by atoms with Gasteiger partial charge < -0.3 is 9.47 Å². The minimum absolute atomic E-state index is 0.118. The molecule has 0 saturated heterocycles. The maximum atomic E-state index is 12.7. The van der Waals surface area contributed by atoms with Gasteiger partial charge in [-0.3, -0.25) is 19.3 Å². The van der Waals surface area contributed by atoms with E-state index in [9.17, 15) is 14.4 Å². The molecule has 8 nitrogen and oxygen atoms in total. The zero-order chi connectivity index (χ0) is 24.4. The summed E-state index contributed by atoms with van der Waals surface area (Å²) in [6.45, 7) is 2.14. The number of hydrogen-bond donors (Lipinski definition) is 1. The van der Waals surface area contributed by atoms with Crippen molar-refractivity contribution in [3.8, 4) is 0 Å².